The number of aryl methyl sites for hydroxylation is 1. The van der Waals surface area contributed by atoms with E-state index in [1.165, 1.54) is 0 Å². The standard InChI is InChI=1S/C22H17BrN4/c1-14-11-16(15(2)27(14)19-9-7-18(23)8-10-19)12-17(13-24)22-25-20-5-3-4-6-21(20)26-22/h3-12H,1-2H3,(H,25,26)/b17-12+. The second-order valence-electron chi connectivity index (χ2n) is 6.41. The molecule has 4 nitrogen and oxygen atoms in total. The number of nitrogens with zero attached hydrogens (tertiary/aromatic N) is 3. The Hall–Kier alpha value is -3.10. The molecule has 0 fully saturated rings. The lowest BCUT2D eigenvalue weighted by Crippen LogP contribution is -1.98. The molecule has 27 heavy (non-hydrogen) atoms. The first-order chi connectivity index (χ1) is 13.1. The molecule has 2 aromatic carbocycles. The first-order valence-electron chi connectivity index (χ1n) is 8.58. The van der Waals surface area contributed by atoms with Gasteiger partial charge in [0.25, 0.3) is 0 Å². The highest BCUT2D eigenvalue weighted by atomic mass is 79.9. The smallest absolute Gasteiger partial charge is 0.149 e. The van der Waals surface area contributed by atoms with E-state index >= 15 is 0 Å². The van der Waals surface area contributed by atoms with Crippen LogP contribution in [0.2, 0.25) is 0 Å². The number of hydrogen-bond donors (Lipinski definition) is 1. The molecule has 4 rings (SSSR count). The van der Waals surface area contributed by atoms with Gasteiger partial charge in [-0.1, -0.05) is 28.1 Å². The maximum absolute atomic E-state index is 9.69. The molecule has 0 bridgehead atoms. The van der Waals surface area contributed by atoms with Gasteiger partial charge >= 0.3 is 0 Å². The molecular weight excluding hydrogens is 400 g/mol. The number of allylic oxidation sites excluding steroid dienone is 1. The van der Waals surface area contributed by atoms with Crippen molar-refractivity contribution in [3.63, 3.8) is 0 Å². The van der Waals surface area contributed by atoms with Crippen LogP contribution in [0.5, 0.6) is 0 Å². The topological polar surface area (TPSA) is 57.4 Å². The molecule has 0 aliphatic rings. The van der Waals surface area contributed by atoms with Gasteiger partial charge in [0.05, 0.1) is 16.6 Å². The number of nitriles is 1. The summed E-state index contributed by atoms with van der Waals surface area (Å²) < 4.78 is 3.23. The van der Waals surface area contributed by atoms with Gasteiger partial charge in [0.2, 0.25) is 0 Å². The van der Waals surface area contributed by atoms with Crippen molar-refractivity contribution in [1.29, 1.82) is 5.26 Å². The van der Waals surface area contributed by atoms with Crippen molar-refractivity contribution in [1.82, 2.24) is 14.5 Å². The fourth-order valence-electron chi connectivity index (χ4n) is 3.31. The zero-order valence-electron chi connectivity index (χ0n) is 15.0. The molecular formula is C22H17BrN4. The molecule has 0 saturated heterocycles. The highest BCUT2D eigenvalue weighted by Gasteiger charge is 2.13. The average Bonchev–Trinajstić information content (AvgIpc) is 3.21. The number of aromatic amines is 1. The number of halogens is 1. The number of nitrogens with one attached hydrogen (secondary N) is 1. The summed E-state index contributed by atoms with van der Waals surface area (Å²) in [6.45, 7) is 4.13. The Morgan fingerprint density at radius 1 is 1.15 bits per heavy atom. The van der Waals surface area contributed by atoms with E-state index < -0.39 is 0 Å². The van der Waals surface area contributed by atoms with E-state index in [-0.39, 0.29) is 0 Å². The molecule has 0 radical (unpaired) electrons. The second-order valence-corrected chi connectivity index (χ2v) is 7.33. The monoisotopic (exact) mass is 416 g/mol. The van der Waals surface area contributed by atoms with Gasteiger partial charge in [-0.05, 0) is 68.0 Å². The van der Waals surface area contributed by atoms with E-state index in [0.29, 0.717) is 11.4 Å². The number of rotatable bonds is 3. The molecule has 0 aliphatic carbocycles. The first-order valence-corrected chi connectivity index (χ1v) is 9.38. The van der Waals surface area contributed by atoms with Crippen molar-refractivity contribution >= 4 is 38.6 Å². The van der Waals surface area contributed by atoms with E-state index in [2.05, 4.69) is 68.6 Å². The number of aromatic nitrogens is 3. The Morgan fingerprint density at radius 2 is 1.89 bits per heavy atom. The number of imidazole rings is 1. The Morgan fingerprint density at radius 3 is 2.59 bits per heavy atom. The molecule has 132 valence electrons. The van der Waals surface area contributed by atoms with Gasteiger partial charge < -0.3 is 9.55 Å². The van der Waals surface area contributed by atoms with Crippen molar-refractivity contribution in [3.05, 3.63) is 81.8 Å². The van der Waals surface area contributed by atoms with E-state index in [1.54, 1.807) is 0 Å². The molecule has 0 unspecified atom stereocenters. The lowest BCUT2D eigenvalue weighted by Gasteiger charge is -2.09. The summed E-state index contributed by atoms with van der Waals surface area (Å²) in [5.74, 6) is 0.590. The molecule has 0 atom stereocenters. The molecule has 0 spiro atoms. The second kappa shape index (κ2) is 6.90. The van der Waals surface area contributed by atoms with E-state index in [4.69, 9.17) is 0 Å². The summed E-state index contributed by atoms with van der Waals surface area (Å²) in [7, 11) is 0. The van der Waals surface area contributed by atoms with E-state index in [0.717, 1.165) is 38.1 Å². The van der Waals surface area contributed by atoms with Crippen LogP contribution in [0, 0.1) is 25.2 Å². The minimum Gasteiger partial charge on any atom is -0.337 e. The van der Waals surface area contributed by atoms with Crippen LogP contribution in [0.25, 0.3) is 28.4 Å². The van der Waals surface area contributed by atoms with Gasteiger partial charge in [-0.25, -0.2) is 4.98 Å². The zero-order valence-corrected chi connectivity index (χ0v) is 16.6. The van der Waals surface area contributed by atoms with Gasteiger partial charge in [-0.3, -0.25) is 0 Å². The fourth-order valence-corrected chi connectivity index (χ4v) is 3.58. The highest BCUT2D eigenvalue weighted by Crippen LogP contribution is 2.26. The van der Waals surface area contributed by atoms with Crippen molar-refractivity contribution in [2.45, 2.75) is 13.8 Å². The first kappa shape index (κ1) is 17.3. The molecule has 4 aromatic rings. The quantitative estimate of drug-likeness (QED) is 0.429. The summed E-state index contributed by atoms with van der Waals surface area (Å²) in [4.78, 5) is 7.78. The van der Waals surface area contributed by atoms with Gasteiger partial charge in [0, 0.05) is 21.5 Å². The van der Waals surface area contributed by atoms with Crippen molar-refractivity contribution in [2.24, 2.45) is 0 Å². The average molecular weight is 417 g/mol. The number of H-pyrrole nitrogens is 1. The van der Waals surface area contributed by atoms with Crippen molar-refractivity contribution in [2.75, 3.05) is 0 Å². The third-order valence-corrected chi connectivity index (χ3v) is 5.15. The number of hydrogen-bond acceptors (Lipinski definition) is 2. The lowest BCUT2D eigenvalue weighted by molar-refractivity contribution is 0.964. The summed E-state index contributed by atoms with van der Waals surface area (Å²) in [5.41, 5.74) is 6.59. The van der Waals surface area contributed by atoms with Crippen LogP contribution < -0.4 is 0 Å². The molecule has 0 saturated carbocycles. The normalized spacial score (nSPS) is 11.7. The Labute approximate surface area is 165 Å². The predicted molar refractivity (Wildman–Crippen MR) is 113 cm³/mol. The largest absolute Gasteiger partial charge is 0.337 e. The molecule has 2 aromatic heterocycles. The predicted octanol–water partition coefficient (Wildman–Crippen LogP) is 5.80. The Balaban J connectivity index is 1.79. The van der Waals surface area contributed by atoms with E-state index in [1.807, 2.05) is 42.5 Å². The maximum atomic E-state index is 9.69. The van der Waals surface area contributed by atoms with Gasteiger partial charge in [0.15, 0.2) is 0 Å². The van der Waals surface area contributed by atoms with Crippen LogP contribution in [-0.2, 0) is 0 Å². The van der Waals surface area contributed by atoms with Crippen LogP contribution in [0.1, 0.15) is 22.8 Å². The zero-order chi connectivity index (χ0) is 19.0. The molecule has 0 aliphatic heterocycles. The Bertz CT molecular complexity index is 1170. The Kier molecular flexibility index (Phi) is 4.43. The van der Waals surface area contributed by atoms with Crippen LogP contribution in [0.4, 0.5) is 0 Å². The van der Waals surface area contributed by atoms with Crippen LogP contribution in [0.15, 0.2) is 59.1 Å². The van der Waals surface area contributed by atoms with Crippen LogP contribution in [-0.4, -0.2) is 14.5 Å². The van der Waals surface area contributed by atoms with Crippen LogP contribution in [0.3, 0.4) is 0 Å². The highest BCUT2D eigenvalue weighted by molar-refractivity contribution is 9.10. The maximum Gasteiger partial charge on any atom is 0.149 e. The summed E-state index contributed by atoms with van der Waals surface area (Å²) >= 11 is 3.48. The third kappa shape index (κ3) is 3.20. The molecule has 0 amide bonds. The minimum atomic E-state index is 0.516. The van der Waals surface area contributed by atoms with Gasteiger partial charge in [-0.15, -0.1) is 0 Å². The third-order valence-electron chi connectivity index (χ3n) is 4.62. The number of benzene rings is 2. The van der Waals surface area contributed by atoms with Crippen LogP contribution >= 0.6 is 15.9 Å². The molecule has 2 heterocycles. The molecule has 1 N–H and O–H groups in total. The van der Waals surface area contributed by atoms with Crippen molar-refractivity contribution in [3.8, 4) is 11.8 Å². The fraction of sp³-hybridized carbons (Fsp3) is 0.0909. The summed E-state index contributed by atoms with van der Waals surface area (Å²) in [6.07, 6.45) is 1.90. The minimum absolute atomic E-state index is 0.516. The number of fused-ring (bicyclic) bond motifs is 1. The summed E-state index contributed by atoms with van der Waals surface area (Å²) in [6, 6.07) is 20.4. The van der Waals surface area contributed by atoms with Gasteiger partial charge in [0.1, 0.15) is 11.9 Å². The van der Waals surface area contributed by atoms with Crippen molar-refractivity contribution < 1.29 is 0 Å². The van der Waals surface area contributed by atoms with E-state index in [9.17, 15) is 5.26 Å². The SMILES string of the molecule is Cc1cc(/C=C(\C#N)c2nc3ccccc3[nH]2)c(C)n1-c1ccc(Br)cc1. The molecule has 5 heteroatoms. The lowest BCUT2D eigenvalue weighted by atomic mass is 10.1. The number of para-hydroxylation sites is 2. The van der Waals surface area contributed by atoms with Gasteiger partial charge in [-0.2, -0.15) is 5.26 Å². The summed E-state index contributed by atoms with van der Waals surface area (Å²) in [5, 5.41) is 9.69.